The molecular weight excluding hydrogens is 347 g/mol. The van der Waals surface area contributed by atoms with Crippen molar-refractivity contribution in [3.8, 4) is 0 Å². The number of hydrogen-bond donors (Lipinski definition) is 2. The molecule has 5 nitrogen and oxygen atoms in total. The molecule has 1 unspecified atom stereocenters. The predicted octanol–water partition coefficient (Wildman–Crippen LogP) is 2.72. The van der Waals surface area contributed by atoms with Crippen molar-refractivity contribution in [3.63, 3.8) is 0 Å². The van der Waals surface area contributed by atoms with E-state index in [4.69, 9.17) is 5.11 Å². The number of carbonyl (C=O) groups is 1. The van der Waals surface area contributed by atoms with Gasteiger partial charge in [-0.15, -0.1) is 0 Å². The predicted molar refractivity (Wildman–Crippen MR) is 83.0 cm³/mol. The smallest absolute Gasteiger partial charge is 0.389 e. The van der Waals surface area contributed by atoms with E-state index in [-0.39, 0.29) is 19.3 Å². The first-order valence-electron chi connectivity index (χ1n) is 7.40. The second-order valence-corrected chi connectivity index (χ2v) is 7.35. The van der Waals surface area contributed by atoms with E-state index in [2.05, 4.69) is 4.72 Å². The molecule has 0 saturated heterocycles. The second kappa shape index (κ2) is 9.03. The number of nitrogens with one attached hydrogen (secondary N) is 1. The molecule has 0 heterocycles. The third kappa shape index (κ3) is 9.51. The summed E-state index contributed by atoms with van der Waals surface area (Å²) in [5.74, 6) is -1.71. The van der Waals surface area contributed by atoms with Crippen LogP contribution < -0.4 is 4.72 Å². The fourth-order valence-corrected chi connectivity index (χ4v) is 3.53. The Bertz CT molecular complexity index is 617. The molecule has 0 amide bonds. The molecule has 1 aromatic carbocycles. The van der Waals surface area contributed by atoms with Crippen molar-refractivity contribution in [2.24, 2.45) is 0 Å². The summed E-state index contributed by atoms with van der Waals surface area (Å²) < 4.78 is 62.5. The highest BCUT2D eigenvalue weighted by atomic mass is 32.2. The maximum Gasteiger partial charge on any atom is 0.389 e. The maximum atomic E-state index is 12.1. The number of sulfonamides is 1. The van der Waals surface area contributed by atoms with Crippen LogP contribution in [0.4, 0.5) is 13.2 Å². The molecule has 0 fully saturated rings. The SMILES string of the molecule is O=C(O)CCC(Cc1ccccc1)NS(=O)(=O)CCCC(F)(F)F. The highest BCUT2D eigenvalue weighted by Gasteiger charge is 2.28. The molecule has 0 spiro atoms. The minimum absolute atomic E-state index is 0.0583. The fraction of sp³-hybridized carbons (Fsp3) is 0.533. The van der Waals surface area contributed by atoms with Crippen LogP contribution in [-0.4, -0.2) is 37.5 Å². The van der Waals surface area contributed by atoms with Crippen molar-refractivity contribution in [3.05, 3.63) is 35.9 Å². The molecule has 1 aromatic rings. The third-order valence-electron chi connectivity index (χ3n) is 3.25. The van der Waals surface area contributed by atoms with Crippen LogP contribution in [0, 0.1) is 0 Å². The molecule has 0 bridgehead atoms. The quantitative estimate of drug-likeness (QED) is 0.666. The van der Waals surface area contributed by atoms with Gasteiger partial charge < -0.3 is 5.11 Å². The Kier molecular flexibility index (Phi) is 7.68. The summed E-state index contributed by atoms with van der Waals surface area (Å²) in [6, 6.07) is 8.18. The summed E-state index contributed by atoms with van der Waals surface area (Å²) in [6.45, 7) is 0. The van der Waals surface area contributed by atoms with Crippen LogP contribution in [0.1, 0.15) is 31.2 Å². The Labute approximate surface area is 138 Å². The first kappa shape index (κ1) is 20.4. The standard InChI is InChI=1S/C15H20F3NO4S/c16-15(17,18)9-4-10-24(22,23)19-13(7-8-14(20)21)11-12-5-2-1-3-6-12/h1-3,5-6,13,19H,4,7-11H2,(H,20,21). The Morgan fingerprint density at radius 1 is 1.21 bits per heavy atom. The molecular formula is C15H20F3NO4S. The zero-order valence-corrected chi connectivity index (χ0v) is 13.7. The van der Waals surface area contributed by atoms with E-state index in [1.807, 2.05) is 0 Å². The average Bonchev–Trinajstić information content (AvgIpc) is 2.43. The first-order valence-corrected chi connectivity index (χ1v) is 9.05. The molecule has 1 rings (SSSR count). The van der Waals surface area contributed by atoms with Gasteiger partial charge in [0.2, 0.25) is 10.0 Å². The van der Waals surface area contributed by atoms with Crippen molar-refractivity contribution in [1.82, 2.24) is 4.72 Å². The van der Waals surface area contributed by atoms with Crippen LogP contribution in [0.2, 0.25) is 0 Å². The molecule has 9 heteroatoms. The van der Waals surface area contributed by atoms with Crippen molar-refractivity contribution in [2.45, 2.75) is 44.3 Å². The monoisotopic (exact) mass is 367 g/mol. The normalized spacial score (nSPS) is 13.6. The van der Waals surface area contributed by atoms with E-state index in [0.29, 0.717) is 0 Å². The van der Waals surface area contributed by atoms with Crippen molar-refractivity contribution < 1.29 is 31.5 Å². The maximum absolute atomic E-state index is 12.1. The highest BCUT2D eigenvalue weighted by Crippen LogP contribution is 2.21. The molecule has 0 saturated carbocycles. The van der Waals surface area contributed by atoms with Crippen LogP contribution in [-0.2, 0) is 21.2 Å². The molecule has 1 atom stereocenters. The van der Waals surface area contributed by atoms with Gasteiger partial charge in [-0.1, -0.05) is 30.3 Å². The molecule has 0 radical (unpaired) electrons. The molecule has 136 valence electrons. The van der Waals surface area contributed by atoms with Gasteiger partial charge in [-0.05, 0) is 24.8 Å². The van der Waals surface area contributed by atoms with Crippen molar-refractivity contribution in [2.75, 3.05) is 5.75 Å². The number of carboxylic acids is 1. The van der Waals surface area contributed by atoms with Crippen LogP contribution in [0.3, 0.4) is 0 Å². The number of alkyl halides is 3. The summed E-state index contributed by atoms with van der Waals surface area (Å²) in [7, 11) is -3.91. The Morgan fingerprint density at radius 3 is 2.38 bits per heavy atom. The molecule has 0 aromatic heterocycles. The van der Waals surface area contributed by atoms with Gasteiger partial charge in [0.25, 0.3) is 0 Å². The first-order chi connectivity index (χ1) is 11.1. The minimum Gasteiger partial charge on any atom is -0.481 e. The van der Waals surface area contributed by atoms with E-state index in [1.165, 1.54) is 0 Å². The van der Waals surface area contributed by atoms with Crippen LogP contribution in [0.25, 0.3) is 0 Å². The number of hydrogen-bond acceptors (Lipinski definition) is 3. The third-order valence-corrected chi connectivity index (χ3v) is 4.77. The number of rotatable bonds is 10. The van der Waals surface area contributed by atoms with Crippen LogP contribution in [0.15, 0.2) is 30.3 Å². The lowest BCUT2D eigenvalue weighted by molar-refractivity contribution is -0.137. The minimum atomic E-state index is -4.40. The lowest BCUT2D eigenvalue weighted by atomic mass is 10.0. The zero-order valence-electron chi connectivity index (χ0n) is 12.9. The van der Waals surface area contributed by atoms with Crippen molar-refractivity contribution in [1.29, 1.82) is 0 Å². The Balaban J connectivity index is 2.66. The Morgan fingerprint density at radius 2 is 1.83 bits per heavy atom. The summed E-state index contributed by atoms with van der Waals surface area (Å²) >= 11 is 0. The van der Waals surface area contributed by atoms with Crippen LogP contribution in [0.5, 0.6) is 0 Å². The van der Waals surface area contributed by atoms with Gasteiger partial charge >= 0.3 is 12.1 Å². The summed E-state index contributed by atoms with van der Waals surface area (Å²) in [4.78, 5) is 10.7. The summed E-state index contributed by atoms with van der Waals surface area (Å²) in [5, 5.41) is 8.76. The zero-order chi connectivity index (χ0) is 18.2. The van der Waals surface area contributed by atoms with E-state index >= 15 is 0 Å². The van der Waals surface area contributed by atoms with Gasteiger partial charge in [-0.2, -0.15) is 13.2 Å². The van der Waals surface area contributed by atoms with Gasteiger partial charge in [-0.25, -0.2) is 13.1 Å². The van der Waals surface area contributed by atoms with Gasteiger partial charge in [0, 0.05) is 18.9 Å². The fourth-order valence-electron chi connectivity index (χ4n) is 2.17. The van der Waals surface area contributed by atoms with Gasteiger partial charge in [0.1, 0.15) is 0 Å². The average molecular weight is 367 g/mol. The number of benzene rings is 1. The van der Waals surface area contributed by atoms with E-state index in [9.17, 15) is 26.4 Å². The molecule has 0 aliphatic heterocycles. The van der Waals surface area contributed by atoms with Crippen molar-refractivity contribution >= 4 is 16.0 Å². The largest absolute Gasteiger partial charge is 0.481 e. The highest BCUT2D eigenvalue weighted by molar-refractivity contribution is 7.89. The molecule has 2 N–H and O–H groups in total. The molecule has 0 aliphatic rings. The van der Waals surface area contributed by atoms with Gasteiger partial charge in [0.05, 0.1) is 5.75 Å². The Hall–Kier alpha value is -1.61. The number of aliphatic carboxylic acids is 1. The lowest BCUT2D eigenvalue weighted by Crippen LogP contribution is -2.38. The summed E-state index contributed by atoms with van der Waals surface area (Å²) in [5.41, 5.74) is 0.811. The van der Waals surface area contributed by atoms with Crippen LogP contribution >= 0.6 is 0 Å². The van der Waals surface area contributed by atoms with E-state index < -0.39 is 46.8 Å². The molecule has 24 heavy (non-hydrogen) atoms. The number of carboxylic acid groups (broad SMARTS) is 1. The van der Waals surface area contributed by atoms with Gasteiger partial charge in [-0.3, -0.25) is 4.79 Å². The van der Waals surface area contributed by atoms with E-state index in [1.54, 1.807) is 30.3 Å². The topological polar surface area (TPSA) is 83.5 Å². The van der Waals surface area contributed by atoms with Gasteiger partial charge in [0.15, 0.2) is 0 Å². The molecule has 0 aliphatic carbocycles. The number of halogens is 3. The lowest BCUT2D eigenvalue weighted by Gasteiger charge is -2.18. The van der Waals surface area contributed by atoms with E-state index in [0.717, 1.165) is 5.56 Å². The second-order valence-electron chi connectivity index (χ2n) is 5.47. The summed E-state index contributed by atoms with van der Waals surface area (Å²) in [6.07, 6.45) is -6.01.